The van der Waals surface area contributed by atoms with Crippen molar-refractivity contribution in [2.24, 2.45) is 10.2 Å². The molecule has 0 saturated carbocycles. The van der Waals surface area contributed by atoms with Gasteiger partial charge in [-0.25, -0.2) is 0 Å². The molecule has 0 heterocycles. The van der Waals surface area contributed by atoms with Gasteiger partial charge in [-0.3, -0.25) is 4.79 Å². The number of nitrogens with zero attached hydrogens (tertiary/aromatic N) is 2. The zero-order chi connectivity index (χ0) is 21.3. The highest BCUT2D eigenvalue weighted by Crippen LogP contribution is 2.21. The van der Waals surface area contributed by atoms with Crippen molar-refractivity contribution in [3.63, 3.8) is 0 Å². The Morgan fingerprint density at radius 1 is 0.800 bits per heavy atom. The molecule has 0 atom stereocenters. The Morgan fingerprint density at radius 3 is 2.17 bits per heavy atom. The van der Waals surface area contributed by atoms with Crippen molar-refractivity contribution >= 4 is 17.3 Å². The van der Waals surface area contributed by atoms with Crippen molar-refractivity contribution in [2.75, 3.05) is 13.7 Å². The lowest BCUT2D eigenvalue weighted by molar-refractivity contribution is -0.140. The van der Waals surface area contributed by atoms with Gasteiger partial charge >= 0.3 is 5.97 Å². The number of methoxy groups -OCH3 is 1. The number of benzene rings is 2. The normalized spacial score (nSPS) is 11.2. The molecule has 0 saturated heterocycles. The molecule has 0 bridgehead atoms. The second-order valence-corrected chi connectivity index (χ2v) is 7.02. The average Bonchev–Trinajstić information content (AvgIpc) is 2.79. The summed E-state index contributed by atoms with van der Waals surface area (Å²) < 4.78 is 10.4. The number of azo groups is 1. The van der Waals surface area contributed by atoms with E-state index in [0.29, 0.717) is 13.0 Å². The molecule has 2 aromatic rings. The summed E-state index contributed by atoms with van der Waals surface area (Å²) in [6.45, 7) is 0.662. The minimum Gasteiger partial charge on any atom is -0.493 e. The number of carbonyl (C=O) groups is 1. The third-order valence-corrected chi connectivity index (χ3v) is 4.57. The lowest BCUT2D eigenvalue weighted by atomic mass is 10.1. The van der Waals surface area contributed by atoms with E-state index in [0.717, 1.165) is 42.8 Å². The maximum absolute atomic E-state index is 11.0. The Kier molecular flexibility index (Phi) is 11.6. The smallest absolute Gasteiger partial charge is 0.305 e. The van der Waals surface area contributed by atoms with Gasteiger partial charge in [0, 0.05) is 6.42 Å². The topological polar surface area (TPSA) is 60.2 Å². The van der Waals surface area contributed by atoms with Crippen LogP contribution >= 0.6 is 0 Å². The van der Waals surface area contributed by atoms with Crippen molar-refractivity contribution in [2.45, 2.75) is 51.4 Å². The van der Waals surface area contributed by atoms with Crippen LogP contribution in [0.25, 0.3) is 0 Å². The van der Waals surface area contributed by atoms with Crippen LogP contribution in [0.15, 0.2) is 77.0 Å². The molecule has 0 unspecified atom stereocenters. The van der Waals surface area contributed by atoms with Crippen LogP contribution in [0.5, 0.6) is 5.75 Å². The lowest BCUT2D eigenvalue weighted by Gasteiger charge is -2.04. The summed E-state index contributed by atoms with van der Waals surface area (Å²) in [5, 5.41) is 8.43. The summed E-state index contributed by atoms with van der Waals surface area (Å²) in [5.41, 5.74) is 1.64. The molecule has 30 heavy (non-hydrogen) atoms. The molecule has 0 aromatic heterocycles. The molecule has 0 aliphatic carbocycles. The Balaban J connectivity index is 1.50. The first kappa shape index (κ1) is 23.3. The van der Waals surface area contributed by atoms with Gasteiger partial charge in [-0.2, -0.15) is 10.2 Å². The highest BCUT2D eigenvalue weighted by molar-refractivity contribution is 5.68. The van der Waals surface area contributed by atoms with E-state index in [-0.39, 0.29) is 5.97 Å². The molecule has 0 spiro atoms. The fourth-order valence-corrected chi connectivity index (χ4v) is 2.86. The van der Waals surface area contributed by atoms with E-state index < -0.39 is 0 Å². The van der Waals surface area contributed by atoms with Gasteiger partial charge in [-0.1, -0.05) is 49.6 Å². The van der Waals surface area contributed by atoms with Gasteiger partial charge in [0.15, 0.2) is 0 Å². The van der Waals surface area contributed by atoms with E-state index in [1.54, 1.807) is 0 Å². The van der Waals surface area contributed by atoms with Gasteiger partial charge in [-0.15, -0.1) is 0 Å². The summed E-state index contributed by atoms with van der Waals surface area (Å²) in [5.74, 6) is 0.735. The van der Waals surface area contributed by atoms with E-state index >= 15 is 0 Å². The van der Waals surface area contributed by atoms with Crippen LogP contribution in [-0.2, 0) is 9.53 Å². The second-order valence-electron chi connectivity index (χ2n) is 7.02. The molecule has 0 fully saturated rings. The van der Waals surface area contributed by atoms with Crippen LogP contribution in [0, 0.1) is 0 Å². The maximum atomic E-state index is 11.0. The number of ether oxygens (including phenoxy) is 2. The van der Waals surface area contributed by atoms with Crippen LogP contribution in [-0.4, -0.2) is 19.7 Å². The SMILES string of the molecule is COC(=O)CCCCCCC/C=C\CCOc1ccc(N=Nc2ccccc2)cc1. The summed E-state index contributed by atoms with van der Waals surface area (Å²) in [4.78, 5) is 11.0. The number of hydrogen-bond acceptors (Lipinski definition) is 5. The quantitative estimate of drug-likeness (QED) is 0.142. The van der Waals surface area contributed by atoms with Crippen LogP contribution in [0.1, 0.15) is 51.4 Å². The predicted molar refractivity (Wildman–Crippen MR) is 121 cm³/mol. The summed E-state index contributed by atoms with van der Waals surface area (Å²) in [7, 11) is 1.44. The van der Waals surface area contributed by atoms with Crippen molar-refractivity contribution in [3.8, 4) is 5.75 Å². The van der Waals surface area contributed by atoms with E-state index in [1.165, 1.54) is 26.4 Å². The van der Waals surface area contributed by atoms with E-state index in [4.69, 9.17) is 4.74 Å². The zero-order valence-corrected chi connectivity index (χ0v) is 17.8. The van der Waals surface area contributed by atoms with Gasteiger partial charge in [-0.05, 0) is 62.1 Å². The van der Waals surface area contributed by atoms with Crippen molar-refractivity contribution in [3.05, 3.63) is 66.7 Å². The number of carbonyl (C=O) groups excluding carboxylic acids is 1. The van der Waals surface area contributed by atoms with Crippen molar-refractivity contribution < 1.29 is 14.3 Å². The number of unbranched alkanes of at least 4 members (excludes halogenated alkanes) is 5. The summed E-state index contributed by atoms with van der Waals surface area (Å²) in [6.07, 6.45) is 12.5. The second kappa shape index (κ2) is 15.0. The third-order valence-electron chi connectivity index (χ3n) is 4.57. The number of hydrogen-bond donors (Lipinski definition) is 0. The molecular formula is C25H32N2O3. The Bertz CT molecular complexity index is 771. The van der Waals surface area contributed by atoms with Gasteiger partial charge in [0.2, 0.25) is 0 Å². The fraction of sp³-hybridized carbons (Fsp3) is 0.400. The first-order valence-electron chi connectivity index (χ1n) is 10.7. The Labute approximate surface area is 179 Å². The standard InChI is InChI=1S/C25H32N2O3/c1-29-25(28)16-12-7-5-3-2-4-6-8-13-21-30-24-19-17-23(18-20-24)27-26-22-14-10-9-11-15-22/h6,8-11,14-15,17-20H,2-5,7,12-13,16,21H2,1H3/b8-6-,27-26?. The number of rotatable bonds is 14. The highest BCUT2D eigenvalue weighted by atomic mass is 16.5. The zero-order valence-electron chi connectivity index (χ0n) is 17.8. The van der Waals surface area contributed by atoms with Crippen LogP contribution < -0.4 is 4.74 Å². The first-order chi connectivity index (χ1) is 14.8. The van der Waals surface area contributed by atoms with E-state index in [9.17, 15) is 4.79 Å². The summed E-state index contributed by atoms with van der Waals surface area (Å²) >= 11 is 0. The molecular weight excluding hydrogens is 376 g/mol. The van der Waals surface area contributed by atoms with E-state index in [1.807, 2.05) is 54.6 Å². The van der Waals surface area contributed by atoms with Crippen LogP contribution in [0.3, 0.4) is 0 Å². The fourth-order valence-electron chi connectivity index (χ4n) is 2.86. The predicted octanol–water partition coefficient (Wildman–Crippen LogP) is 7.33. The molecule has 5 heteroatoms. The van der Waals surface area contributed by atoms with Gasteiger partial charge in [0.05, 0.1) is 25.1 Å². The molecule has 0 amide bonds. The molecule has 0 aliphatic heterocycles. The molecule has 2 aromatic carbocycles. The molecule has 5 nitrogen and oxygen atoms in total. The molecule has 0 N–H and O–H groups in total. The van der Waals surface area contributed by atoms with Gasteiger partial charge < -0.3 is 9.47 Å². The van der Waals surface area contributed by atoms with Crippen LogP contribution in [0.4, 0.5) is 11.4 Å². The molecule has 2 rings (SSSR count). The van der Waals surface area contributed by atoms with Crippen molar-refractivity contribution in [1.29, 1.82) is 0 Å². The van der Waals surface area contributed by atoms with Crippen molar-refractivity contribution in [1.82, 2.24) is 0 Å². The molecule has 0 radical (unpaired) electrons. The van der Waals surface area contributed by atoms with Crippen LogP contribution in [0.2, 0.25) is 0 Å². The largest absolute Gasteiger partial charge is 0.493 e. The van der Waals surface area contributed by atoms with Gasteiger partial charge in [0.25, 0.3) is 0 Å². The highest BCUT2D eigenvalue weighted by Gasteiger charge is 1.98. The van der Waals surface area contributed by atoms with E-state index in [2.05, 4.69) is 27.1 Å². The lowest BCUT2D eigenvalue weighted by Crippen LogP contribution is -1.99. The molecule has 160 valence electrons. The maximum Gasteiger partial charge on any atom is 0.305 e. The Morgan fingerprint density at radius 2 is 1.43 bits per heavy atom. The third kappa shape index (κ3) is 10.6. The minimum absolute atomic E-state index is 0.107. The first-order valence-corrected chi connectivity index (χ1v) is 10.7. The molecule has 0 aliphatic rings. The number of allylic oxidation sites excluding steroid dienone is 1. The minimum atomic E-state index is -0.107. The number of esters is 1. The monoisotopic (exact) mass is 408 g/mol. The van der Waals surface area contributed by atoms with Gasteiger partial charge in [0.1, 0.15) is 5.75 Å². The summed E-state index contributed by atoms with van der Waals surface area (Å²) in [6, 6.07) is 17.3. The average molecular weight is 409 g/mol. The Hall–Kier alpha value is -2.95.